The topological polar surface area (TPSA) is 54.9 Å². The van der Waals surface area contributed by atoms with Gasteiger partial charge in [0.2, 0.25) is 5.91 Å². The first-order valence-electron chi connectivity index (χ1n) is 6.81. The van der Waals surface area contributed by atoms with Gasteiger partial charge >= 0.3 is 0 Å². The number of nitrogens with zero attached hydrogens (tertiary/aromatic N) is 2. The van der Waals surface area contributed by atoms with Crippen LogP contribution in [0.3, 0.4) is 0 Å². The summed E-state index contributed by atoms with van der Waals surface area (Å²) in [5.41, 5.74) is 2.68. The highest BCUT2D eigenvalue weighted by atomic mass is 35.5. The molecule has 0 fully saturated rings. The second kappa shape index (κ2) is 7.17. The highest BCUT2D eigenvalue weighted by Crippen LogP contribution is 2.24. The van der Waals surface area contributed by atoms with Crippen molar-refractivity contribution in [1.82, 2.24) is 9.97 Å². The number of pyridine rings is 1. The number of rotatable bonds is 4. The Hall–Kier alpha value is -2.50. The van der Waals surface area contributed by atoms with Gasteiger partial charge in [-0.1, -0.05) is 23.7 Å². The zero-order chi connectivity index (χ0) is 16.1. The molecule has 1 N–H and O–H groups in total. The van der Waals surface area contributed by atoms with Crippen LogP contribution < -0.4 is 5.32 Å². The number of nitrogens with one attached hydrogen (secondary N) is 1. The summed E-state index contributed by atoms with van der Waals surface area (Å²) < 4.78 is 0. The minimum atomic E-state index is -0.226. The number of thiazole rings is 1. The van der Waals surface area contributed by atoms with Gasteiger partial charge in [0, 0.05) is 34.4 Å². The van der Waals surface area contributed by atoms with Crippen LogP contribution >= 0.6 is 22.9 Å². The lowest BCUT2D eigenvalue weighted by Crippen LogP contribution is -2.07. The maximum atomic E-state index is 11.9. The van der Waals surface area contributed by atoms with E-state index < -0.39 is 0 Å². The van der Waals surface area contributed by atoms with Gasteiger partial charge < -0.3 is 0 Å². The van der Waals surface area contributed by atoms with E-state index in [2.05, 4.69) is 15.3 Å². The fourth-order valence-corrected chi connectivity index (χ4v) is 2.73. The molecule has 0 saturated carbocycles. The number of hydrogen-bond donors (Lipinski definition) is 1. The van der Waals surface area contributed by atoms with E-state index in [1.165, 1.54) is 17.4 Å². The molecule has 114 valence electrons. The van der Waals surface area contributed by atoms with E-state index in [1.54, 1.807) is 30.6 Å². The van der Waals surface area contributed by atoms with E-state index in [1.807, 2.05) is 29.6 Å². The van der Waals surface area contributed by atoms with Crippen molar-refractivity contribution in [2.75, 3.05) is 5.32 Å². The van der Waals surface area contributed by atoms with E-state index >= 15 is 0 Å². The van der Waals surface area contributed by atoms with Crippen LogP contribution in [0.2, 0.25) is 5.02 Å². The Morgan fingerprint density at radius 3 is 2.61 bits per heavy atom. The van der Waals surface area contributed by atoms with E-state index in [0.29, 0.717) is 10.2 Å². The Bertz CT molecular complexity index is 829. The third-order valence-electron chi connectivity index (χ3n) is 3.01. The van der Waals surface area contributed by atoms with Gasteiger partial charge in [-0.2, -0.15) is 0 Å². The molecule has 0 bridgehead atoms. The van der Waals surface area contributed by atoms with Crippen LogP contribution in [0.5, 0.6) is 0 Å². The standard InChI is InChI=1S/C17H12ClN3OS/c18-14-4-1-12(2-5-14)3-6-16(22)21-17-20-15(11-23-17)13-7-9-19-10-8-13/h1-11H,(H,20,21,22)/b6-3+. The van der Waals surface area contributed by atoms with Gasteiger partial charge in [-0.25, -0.2) is 4.98 Å². The van der Waals surface area contributed by atoms with Crippen LogP contribution in [0, 0.1) is 0 Å². The molecule has 0 radical (unpaired) electrons. The Balaban J connectivity index is 1.64. The molecule has 4 nitrogen and oxygen atoms in total. The van der Waals surface area contributed by atoms with Crippen LogP contribution in [-0.2, 0) is 4.79 Å². The minimum Gasteiger partial charge on any atom is -0.298 e. The van der Waals surface area contributed by atoms with Gasteiger partial charge in [-0.05, 0) is 35.9 Å². The number of amides is 1. The maximum absolute atomic E-state index is 11.9. The van der Waals surface area contributed by atoms with Gasteiger partial charge in [-0.15, -0.1) is 11.3 Å². The number of hydrogen-bond acceptors (Lipinski definition) is 4. The average Bonchev–Trinajstić information content (AvgIpc) is 3.04. The quantitative estimate of drug-likeness (QED) is 0.710. The van der Waals surface area contributed by atoms with Crippen molar-refractivity contribution in [2.24, 2.45) is 0 Å². The van der Waals surface area contributed by atoms with Gasteiger partial charge in [0.05, 0.1) is 5.69 Å². The normalized spacial score (nSPS) is 10.8. The monoisotopic (exact) mass is 341 g/mol. The van der Waals surface area contributed by atoms with Gasteiger partial charge in [0.15, 0.2) is 5.13 Å². The first-order valence-corrected chi connectivity index (χ1v) is 8.07. The summed E-state index contributed by atoms with van der Waals surface area (Å²) in [7, 11) is 0. The molecule has 0 saturated heterocycles. The molecule has 3 aromatic rings. The summed E-state index contributed by atoms with van der Waals surface area (Å²) in [5.74, 6) is -0.226. The maximum Gasteiger partial charge on any atom is 0.250 e. The van der Waals surface area contributed by atoms with Gasteiger partial charge in [-0.3, -0.25) is 15.1 Å². The summed E-state index contributed by atoms with van der Waals surface area (Å²) >= 11 is 7.20. The molecule has 0 aliphatic rings. The van der Waals surface area contributed by atoms with Gasteiger partial charge in [0.1, 0.15) is 0 Å². The van der Waals surface area contributed by atoms with Crippen LogP contribution in [0.4, 0.5) is 5.13 Å². The van der Waals surface area contributed by atoms with Crippen molar-refractivity contribution in [1.29, 1.82) is 0 Å². The molecule has 0 unspecified atom stereocenters. The molecule has 0 aliphatic heterocycles. The minimum absolute atomic E-state index is 0.226. The van der Waals surface area contributed by atoms with Crippen molar-refractivity contribution in [2.45, 2.75) is 0 Å². The highest BCUT2D eigenvalue weighted by molar-refractivity contribution is 7.14. The van der Waals surface area contributed by atoms with Crippen molar-refractivity contribution in [3.05, 3.63) is 70.8 Å². The Morgan fingerprint density at radius 1 is 1.13 bits per heavy atom. The number of anilines is 1. The molecular formula is C17H12ClN3OS. The van der Waals surface area contributed by atoms with Gasteiger partial charge in [0.25, 0.3) is 0 Å². The second-order valence-corrected chi connectivity index (χ2v) is 5.94. The number of carbonyl (C=O) groups is 1. The molecule has 0 spiro atoms. The lowest BCUT2D eigenvalue weighted by molar-refractivity contribution is -0.111. The zero-order valence-electron chi connectivity index (χ0n) is 11.9. The SMILES string of the molecule is O=C(/C=C/c1ccc(Cl)cc1)Nc1nc(-c2ccncc2)cs1. The lowest BCUT2D eigenvalue weighted by Gasteiger charge is -1.97. The molecule has 0 atom stereocenters. The van der Waals surface area contributed by atoms with Crippen molar-refractivity contribution in [3.63, 3.8) is 0 Å². The predicted molar refractivity (Wildman–Crippen MR) is 94.5 cm³/mol. The fraction of sp³-hybridized carbons (Fsp3) is 0. The lowest BCUT2D eigenvalue weighted by atomic mass is 10.2. The van der Waals surface area contributed by atoms with Crippen LogP contribution in [0.1, 0.15) is 5.56 Å². The van der Waals surface area contributed by atoms with E-state index in [4.69, 9.17) is 11.6 Å². The van der Waals surface area contributed by atoms with Crippen molar-refractivity contribution < 1.29 is 4.79 Å². The average molecular weight is 342 g/mol. The Morgan fingerprint density at radius 2 is 1.87 bits per heavy atom. The summed E-state index contributed by atoms with van der Waals surface area (Å²) in [6.07, 6.45) is 6.61. The molecule has 2 heterocycles. The molecule has 0 aliphatic carbocycles. The van der Waals surface area contributed by atoms with E-state index in [-0.39, 0.29) is 5.91 Å². The van der Waals surface area contributed by atoms with Crippen LogP contribution in [0.25, 0.3) is 17.3 Å². The molecule has 1 amide bonds. The summed E-state index contributed by atoms with van der Waals surface area (Å²) in [6, 6.07) is 11.0. The number of halogens is 1. The third-order valence-corrected chi connectivity index (χ3v) is 4.02. The first-order chi connectivity index (χ1) is 11.2. The molecule has 2 aromatic heterocycles. The number of carbonyl (C=O) groups excluding carboxylic acids is 1. The molecular weight excluding hydrogens is 330 g/mol. The molecule has 1 aromatic carbocycles. The summed E-state index contributed by atoms with van der Waals surface area (Å²) in [4.78, 5) is 20.3. The summed E-state index contributed by atoms with van der Waals surface area (Å²) in [6.45, 7) is 0. The smallest absolute Gasteiger partial charge is 0.250 e. The third kappa shape index (κ3) is 4.25. The second-order valence-electron chi connectivity index (χ2n) is 4.65. The number of benzene rings is 1. The highest BCUT2D eigenvalue weighted by Gasteiger charge is 2.06. The van der Waals surface area contributed by atoms with Crippen LogP contribution in [-0.4, -0.2) is 15.9 Å². The van der Waals surface area contributed by atoms with E-state index in [0.717, 1.165) is 16.8 Å². The predicted octanol–water partition coefficient (Wildman–Crippen LogP) is 4.51. The van der Waals surface area contributed by atoms with E-state index in [9.17, 15) is 4.79 Å². The molecule has 3 rings (SSSR count). The molecule has 6 heteroatoms. The van der Waals surface area contributed by atoms with Crippen molar-refractivity contribution >= 4 is 40.1 Å². The first kappa shape index (κ1) is 15.4. The fourth-order valence-electron chi connectivity index (χ4n) is 1.88. The summed E-state index contributed by atoms with van der Waals surface area (Å²) in [5, 5.41) is 5.87. The van der Waals surface area contributed by atoms with Crippen molar-refractivity contribution in [3.8, 4) is 11.3 Å². The molecule has 23 heavy (non-hydrogen) atoms. The Kier molecular flexibility index (Phi) is 4.80. The Labute approximate surface area is 142 Å². The largest absolute Gasteiger partial charge is 0.298 e. The number of aromatic nitrogens is 2. The zero-order valence-corrected chi connectivity index (χ0v) is 13.5. The van der Waals surface area contributed by atoms with Crippen LogP contribution in [0.15, 0.2) is 60.2 Å².